The number of hydrogen-bond donors (Lipinski definition) is 1. The molecule has 3 aromatic rings. The minimum Gasteiger partial charge on any atom is -0.363 e. The second-order valence-electron chi connectivity index (χ2n) is 8.99. The van der Waals surface area contributed by atoms with Crippen LogP contribution in [-0.4, -0.2) is 53.1 Å². The second-order valence-corrected chi connectivity index (χ2v) is 8.99. The SMILES string of the molecule is Cc1nc(N[C@H](C)c2cccc(C(C)(F)F)c2F)c2cc(N3CC[C@@H](N(C)C)C3)ncc2n1. The smallest absolute Gasteiger partial charge is 0.273 e. The molecule has 0 aliphatic carbocycles. The van der Waals surface area contributed by atoms with Gasteiger partial charge in [-0.1, -0.05) is 18.2 Å². The molecule has 9 heteroatoms. The van der Waals surface area contributed by atoms with Crippen molar-refractivity contribution in [2.75, 3.05) is 37.4 Å². The highest BCUT2D eigenvalue weighted by atomic mass is 19.3. The van der Waals surface area contributed by atoms with Gasteiger partial charge in [0.15, 0.2) is 0 Å². The van der Waals surface area contributed by atoms with Crippen molar-refractivity contribution in [2.45, 2.75) is 45.2 Å². The van der Waals surface area contributed by atoms with E-state index in [9.17, 15) is 13.2 Å². The number of aryl methyl sites for hydroxylation is 1. The van der Waals surface area contributed by atoms with Crippen LogP contribution in [0.4, 0.5) is 24.8 Å². The number of hydrogen-bond acceptors (Lipinski definition) is 6. The van der Waals surface area contributed by atoms with Crippen molar-refractivity contribution in [1.29, 1.82) is 0 Å². The summed E-state index contributed by atoms with van der Waals surface area (Å²) in [6.07, 6.45) is 2.77. The summed E-state index contributed by atoms with van der Waals surface area (Å²) in [7, 11) is 4.15. The minimum atomic E-state index is -3.27. The summed E-state index contributed by atoms with van der Waals surface area (Å²) < 4.78 is 42.6. The first-order valence-electron chi connectivity index (χ1n) is 11.0. The van der Waals surface area contributed by atoms with E-state index in [0.717, 1.165) is 36.8 Å². The summed E-state index contributed by atoms with van der Waals surface area (Å²) in [4.78, 5) is 18.0. The van der Waals surface area contributed by atoms with E-state index in [1.807, 2.05) is 6.07 Å². The molecule has 2 atom stereocenters. The number of alkyl halides is 2. The highest BCUT2D eigenvalue weighted by Crippen LogP contribution is 2.34. The topological polar surface area (TPSA) is 57.2 Å². The van der Waals surface area contributed by atoms with Crippen LogP contribution in [0.25, 0.3) is 10.9 Å². The summed E-state index contributed by atoms with van der Waals surface area (Å²) in [6, 6.07) is 5.88. The quantitative estimate of drug-likeness (QED) is 0.567. The normalized spacial score (nSPS) is 17.7. The Kier molecular flexibility index (Phi) is 6.18. The number of pyridine rings is 1. The number of anilines is 2. The van der Waals surface area contributed by atoms with Gasteiger partial charge in [0, 0.05) is 37.0 Å². The molecule has 4 rings (SSSR count). The number of nitrogens with one attached hydrogen (secondary N) is 1. The lowest BCUT2D eigenvalue weighted by Crippen LogP contribution is -2.31. The molecule has 1 fully saturated rings. The molecule has 176 valence electrons. The molecule has 0 radical (unpaired) electrons. The fourth-order valence-electron chi connectivity index (χ4n) is 4.30. The number of rotatable bonds is 6. The van der Waals surface area contributed by atoms with E-state index in [1.54, 1.807) is 20.0 Å². The predicted molar refractivity (Wildman–Crippen MR) is 124 cm³/mol. The predicted octanol–water partition coefficient (Wildman–Crippen LogP) is 4.90. The molecule has 2 aromatic heterocycles. The van der Waals surface area contributed by atoms with Gasteiger partial charge in [0.2, 0.25) is 0 Å². The molecule has 0 saturated carbocycles. The van der Waals surface area contributed by atoms with Crippen LogP contribution < -0.4 is 10.2 Å². The number of halogens is 3. The first-order chi connectivity index (χ1) is 15.5. The maximum Gasteiger partial charge on any atom is 0.273 e. The zero-order valence-corrected chi connectivity index (χ0v) is 19.5. The number of nitrogens with zero attached hydrogens (tertiary/aromatic N) is 5. The maximum atomic E-state index is 14.9. The van der Waals surface area contributed by atoms with Crippen LogP contribution in [0.1, 0.15) is 43.3 Å². The minimum absolute atomic E-state index is 0.154. The van der Waals surface area contributed by atoms with Crippen molar-refractivity contribution in [3.8, 4) is 0 Å². The molecule has 0 amide bonds. The molecule has 1 aliphatic rings. The third kappa shape index (κ3) is 4.73. The third-order valence-corrected chi connectivity index (χ3v) is 6.22. The number of likely N-dealkylation sites (N-methyl/N-ethyl adjacent to an activating group) is 1. The van der Waals surface area contributed by atoms with Gasteiger partial charge in [-0.2, -0.15) is 0 Å². The standard InChI is InChI=1S/C24H29F3N6/c1-14(17-7-6-8-19(22(17)25)24(3,26)27)29-23-18-11-21(28-12-20(18)30-15(2)31-23)33-10-9-16(13-33)32(4)5/h6-8,11-12,14,16H,9-10,13H2,1-5H3,(H,29,30,31)/t14-,16-/m1/s1. The van der Waals surface area contributed by atoms with Gasteiger partial charge in [-0.25, -0.2) is 28.1 Å². The molecule has 0 spiro atoms. The Bertz CT molecular complexity index is 1160. The van der Waals surface area contributed by atoms with Crippen LogP contribution in [0.15, 0.2) is 30.5 Å². The summed E-state index contributed by atoms with van der Waals surface area (Å²) in [5.41, 5.74) is 0.202. The summed E-state index contributed by atoms with van der Waals surface area (Å²) >= 11 is 0. The van der Waals surface area contributed by atoms with Crippen LogP contribution in [0, 0.1) is 12.7 Å². The van der Waals surface area contributed by atoms with Crippen molar-refractivity contribution in [3.63, 3.8) is 0 Å². The molecule has 0 bridgehead atoms. The highest BCUT2D eigenvalue weighted by Gasteiger charge is 2.30. The summed E-state index contributed by atoms with van der Waals surface area (Å²) in [5, 5.41) is 3.97. The Morgan fingerprint density at radius 3 is 2.67 bits per heavy atom. The van der Waals surface area contributed by atoms with E-state index < -0.39 is 23.3 Å². The summed E-state index contributed by atoms with van der Waals surface area (Å²) in [6.45, 7) is 5.97. The first kappa shape index (κ1) is 23.2. The molecule has 0 unspecified atom stereocenters. The fraction of sp³-hybridized carbons (Fsp3) is 0.458. The van der Waals surface area contributed by atoms with E-state index >= 15 is 0 Å². The van der Waals surface area contributed by atoms with Gasteiger partial charge >= 0.3 is 0 Å². The molecule has 1 N–H and O–H groups in total. The van der Waals surface area contributed by atoms with E-state index in [4.69, 9.17) is 0 Å². The molecule has 3 heterocycles. The molecule has 6 nitrogen and oxygen atoms in total. The summed E-state index contributed by atoms with van der Waals surface area (Å²) in [5.74, 6) is -2.29. The van der Waals surface area contributed by atoms with Crippen molar-refractivity contribution in [3.05, 3.63) is 53.2 Å². The van der Waals surface area contributed by atoms with Gasteiger partial charge in [0.1, 0.15) is 23.3 Å². The van der Waals surface area contributed by atoms with Crippen molar-refractivity contribution in [1.82, 2.24) is 19.9 Å². The monoisotopic (exact) mass is 458 g/mol. The van der Waals surface area contributed by atoms with Gasteiger partial charge in [-0.15, -0.1) is 0 Å². The van der Waals surface area contributed by atoms with Crippen LogP contribution in [0.3, 0.4) is 0 Å². The van der Waals surface area contributed by atoms with Gasteiger partial charge < -0.3 is 15.1 Å². The third-order valence-electron chi connectivity index (χ3n) is 6.22. The Morgan fingerprint density at radius 2 is 2.00 bits per heavy atom. The van der Waals surface area contributed by atoms with Crippen LogP contribution in [0.2, 0.25) is 0 Å². The largest absolute Gasteiger partial charge is 0.363 e. The van der Waals surface area contributed by atoms with Crippen molar-refractivity contribution in [2.24, 2.45) is 0 Å². The molecule has 1 saturated heterocycles. The zero-order valence-electron chi connectivity index (χ0n) is 19.5. The van der Waals surface area contributed by atoms with E-state index in [-0.39, 0.29) is 5.56 Å². The van der Waals surface area contributed by atoms with Crippen LogP contribution in [0.5, 0.6) is 0 Å². The number of aromatic nitrogens is 3. The Hall–Kier alpha value is -2.94. The van der Waals surface area contributed by atoms with Gasteiger partial charge in [-0.05, 0) is 40.4 Å². The van der Waals surface area contributed by atoms with E-state index in [0.29, 0.717) is 30.1 Å². The fourth-order valence-corrected chi connectivity index (χ4v) is 4.30. The van der Waals surface area contributed by atoms with Crippen LogP contribution in [-0.2, 0) is 5.92 Å². The van der Waals surface area contributed by atoms with Gasteiger partial charge in [0.25, 0.3) is 5.92 Å². The molecule has 1 aliphatic heterocycles. The number of benzene rings is 1. The Labute approximate surface area is 191 Å². The average Bonchev–Trinajstić information content (AvgIpc) is 3.23. The lowest BCUT2D eigenvalue weighted by atomic mass is 10.0. The van der Waals surface area contributed by atoms with Gasteiger partial charge in [-0.3, -0.25) is 0 Å². The molecular formula is C24H29F3N6. The average molecular weight is 459 g/mol. The highest BCUT2D eigenvalue weighted by molar-refractivity contribution is 5.90. The van der Waals surface area contributed by atoms with E-state index in [1.165, 1.54) is 12.1 Å². The lowest BCUT2D eigenvalue weighted by molar-refractivity contribution is 0.0136. The Balaban J connectivity index is 1.68. The lowest BCUT2D eigenvalue weighted by Gasteiger charge is -2.22. The molecular weight excluding hydrogens is 429 g/mol. The van der Waals surface area contributed by atoms with Crippen molar-refractivity contribution >= 4 is 22.5 Å². The van der Waals surface area contributed by atoms with Gasteiger partial charge in [0.05, 0.1) is 23.3 Å². The van der Waals surface area contributed by atoms with Crippen LogP contribution >= 0.6 is 0 Å². The van der Waals surface area contributed by atoms with E-state index in [2.05, 4.69) is 44.2 Å². The second kappa shape index (κ2) is 8.78. The first-order valence-corrected chi connectivity index (χ1v) is 11.0. The number of fused-ring (bicyclic) bond motifs is 1. The molecule has 1 aromatic carbocycles. The Morgan fingerprint density at radius 1 is 1.24 bits per heavy atom. The van der Waals surface area contributed by atoms with Crippen molar-refractivity contribution < 1.29 is 13.2 Å². The zero-order chi connectivity index (χ0) is 23.9. The molecule has 33 heavy (non-hydrogen) atoms. The maximum absolute atomic E-state index is 14.9.